The smallest absolute Gasteiger partial charge is 0.321 e. The van der Waals surface area contributed by atoms with E-state index in [0.29, 0.717) is 30.8 Å². The quantitative estimate of drug-likeness (QED) is 0.198. The van der Waals surface area contributed by atoms with Gasteiger partial charge in [0.2, 0.25) is 12.5 Å². The summed E-state index contributed by atoms with van der Waals surface area (Å²) in [7, 11) is 1.16. The first-order valence-electron chi connectivity index (χ1n) is 9.85. The first-order chi connectivity index (χ1) is 14.0. The lowest BCUT2D eigenvalue weighted by molar-refractivity contribution is -0.485. The van der Waals surface area contributed by atoms with Crippen LogP contribution in [0.2, 0.25) is 0 Å². The van der Waals surface area contributed by atoms with Gasteiger partial charge in [0.05, 0.1) is 31.9 Å². The number of ether oxygens (including phenoxy) is 2. The molecule has 30 heavy (non-hydrogen) atoms. The number of rotatable bonds is 9. The highest BCUT2D eigenvalue weighted by Crippen LogP contribution is 2.43. The number of hydrogen-bond acceptors (Lipinski definition) is 7. The molecule has 1 fully saturated rings. The fourth-order valence-corrected chi connectivity index (χ4v) is 4.01. The van der Waals surface area contributed by atoms with Gasteiger partial charge in [-0.2, -0.15) is 0 Å². The molecule has 0 saturated carbocycles. The van der Waals surface area contributed by atoms with Crippen LogP contribution in [0, 0.1) is 15.5 Å². The van der Waals surface area contributed by atoms with Crippen molar-refractivity contribution in [1.29, 1.82) is 0 Å². The van der Waals surface area contributed by atoms with Crippen molar-refractivity contribution in [3.05, 3.63) is 46.4 Å². The number of nitrogens with zero attached hydrogens (tertiary/aromatic N) is 2. The number of aryl methyl sites for hydroxylation is 1. The summed E-state index contributed by atoms with van der Waals surface area (Å²) in [6.07, 6.45) is 4.32. The van der Waals surface area contributed by atoms with Gasteiger partial charge in [0.25, 0.3) is 0 Å². The van der Waals surface area contributed by atoms with Crippen LogP contribution >= 0.6 is 0 Å². The maximum absolute atomic E-state index is 13.7. The van der Waals surface area contributed by atoms with Crippen LogP contribution in [0.4, 0.5) is 0 Å². The number of amides is 1. The molecule has 9 nitrogen and oxygen atoms in total. The van der Waals surface area contributed by atoms with Crippen LogP contribution in [0.3, 0.4) is 0 Å². The van der Waals surface area contributed by atoms with Gasteiger partial charge in [-0.1, -0.05) is 6.08 Å². The number of carbonyl (C=O) groups is 2. The molecule has 0 N–H and O–H groups in total. The number of hydrogen-bond donors (Lipinski definition) is 0. The van der Waals surface area contributed by atoms with Crippen LogP contribution < -0.4 is 0 Å². The number of furan rings is 1. The van der Waals surface area contributed by atoms with Gasteiger partial charge in [0.1, 0.15) is 11.5 Å². The average Bonchev–Trinajstić information content (AvgIpc) is 3.26. The van der Waals surface area contributed by atoms with Gasteiger partial charge in [0, 0.05) is 16.9 Å². The molecule has 0 aliphatic carbocycles. The minimum atomic E-state index is -1.85. The molecule has 1 aromatic heterocycles. The maximum Gasteiger partial charge on any atom is 0.321 e. The van der Waals surface area contributed by atoms with E-state index in [0.717, 1.165) is 7.11 Å². The SMILES string of the molecule is C=CCCc1cc([C@H](C[N+](=O)[O-])[C@](C)(C(=O)OC)C(=O)N2C(C)COC2(C)C)co1. The second-order valence-corrected chi connectivity index (χ2v) is 8.22. The first kappa shape index (κ1) is 23.6. The van der Waals surface area contributed by atoms with E-state index in [1.165, 1.54) is 18.1 Å². The third-order valence-corrected chi connectivity index (χ3v) is 5.67. The Balaban J connectivity index is 2.56. The fraction of sp³-hybridized carbons (Fsp3) is 0.619. The Hall–Kier alpha value is -2.68. The minimum absolute atomic E-state index is 0.299. The summed E-state index contributed by atoms with van der Waals surface area (Å²) in [5, 5.41) is 11.5. The zero-order chi connectivity index (χ0) is 22.7. The van der Waals surface area contributed by atoms with E-state index in [1.807, 2.05) is 0 Å². The van der Waals surface area contributed by atoms with Gasteiger partial charge in [-0.3, -0.25) is 19.7 Å². The molecule has 166 valence electrons. The predicted molar refractivity (Wildman–Crippen MR) is 108 cm³/mol. The average molecular weight is 422 g/mol. The summed E-state index contributed by atoms with van der Waals surface area (Å²) < 4.78 is 16.2. The van der Waals surface area contributed by atoms with Crippen LogP contribution in [-0.2, 0) is 25.5 Å². The van der Waals surface area contributed by atoms with Gasteiger partial charge < -0.3 is 18.8 Å². The maximum atomic E-state index is 13.7. The topological polar surface area (TPSA) is 112 Å². The molecular weight excluding hydrogens is 392 g/mol. The molecule has 0 bridgehead atoms. The van der Waals surface area contributed by atoms with Crippen LogP contribution in [0.1, 0.15) is 51.4 Å². The Labute approximate surface area is 176 Å². The summed E-state index contributed by atoms with van der Waals surface area (Å²) in [5.41, 5.74) is -2.41. The predicted octanol–water partition coefficient (Wildman–Crippen LogP) is 2.92. The van der Waals surface area contributed by atoms with Gasteiger partial charge in [0.15, 0.2) is 5.41 Å². The molecule has 9 heteroatoms. The second-order valence-electron chi connectivity index (χ2n) is 8.22. The Kier molecular flexibility index (Phi) is 7.07. The summed E-state index contributed by atoms with van der Waals surface area (Å²) in [5.74, 6) is -1.92. The summed E-state index contributed by atoms with van der Waals surface area (Å²) >= 11 is 0. The highest BCUT2D eigenvalue weighted by Gasteiger charge is 2.58. The lowest BCUT2D eigenvalue weighted by Crippen LogP contribution is -2.57. The monoisotopic (exact) mass is 422 g/mol. The molecule has 3 atom stereocenters. The van der Waals surface area contributed by atoms with Crippen LogP contribution in [0.5, 0.6) is 0 Å². The lowest BCUT2D eigenvalue weighted by Gasteiger charge is -2.40. The van der Waals surface area contributed by atoms with Crippen molar-refractivity contribution in [1.82, 2.24) is 4.90 Å². The molecule has 1 aromatic rings. The third kappa shape index (κ3) is 4.40. The van der Waals surface area contributed by atoms with Crippen LogP contribution in [0.15, 0.2) is 29.4 Å². The van der Waals surface area contributed by atoms with Gasteiger partial charge >= 0.3 is 5.97 Å². The van der Waals surface area contributed by atoms with Crippen LogP contribution in [-0.4, -0.2) is 53.7 Å². The fourth-order valence-electron chi connectivity index (χ4n) is 4.01. The first-order valence-corrected chi connectivity index (χ1v) is 9.85. The number of methoxy groups -OCH3 is 1. The molecule has 0 radical (unpaired) electrons. The normalized spacial score (nSPS) is 21.0. The van der Waals surface area contributed by atoms with E-state index < -0.39 is 40.4 Å². The van der Waals surface area contributed by atoms with E-state index in [-0.39, 0.29) is 6.04 Å². The van der Waals surface area contributed by atoms with Crippen LogP contribution in [0.25, 0.3) is 0 Å². The molecule has 0 aromatic carbocycles. The van der Waals surface area contributed by atoms with Crippen molar-refractivity contribution < 1.29 is 28.4 Å². The third-order valence-electron chi connectivity index (χ3n) is 5.67. The van der Waals surface area contributed by atoms with Crippen molar-refractivity contribution >= 4 is 11.9 Å². The van der Waals surface area contributed by atoms with Gasteiger partial charge in [-0.05, 0) is 40.2 Å². The van der Waals surface area contributed by atoms with Crippen molar-refractivity contribution in [3.8, 4) is 0 Å². The standard InChI is InChI=1S/C21H30N2O7/c1-7-8-9-16-10-15(13-29-16)17(11-22(26)27)21(5,19(25)28-6)18(24)23-14(2)12-30-20(23,3)4/h7,10,13-14,17H,1,8-9,11-12H2,2-6H3/t14?,17-,21-/m0/s1. The van der Waals surface area contributed by atoms with E-state index in [2.05, 4.69) is 6.58 Å². The van der Waals surface area contributed by atoms with Crippen molar-refractivity contribution in [3.63, 3.8) is 0 Å². The molecule has 1 unspecified atom stereocenters. The summed E-state index contributed by atoms with van der Waals surface area (Å²) in [6.45, 7) is 9.97. The number of esters is 1. The highest BCUT2D eigenvalue weighted by molar-refractivity contribution is 6.03. The number of allylic oxidation sites excluding steroid dienone is 1. The number of carbonyl (C=O) groups excluding carboxylic acids is 2. The summed E-state index contributed by atoms with van der Waals surface area (Å²) in [6, 6.07) is 1.35. The lowest BCUT2D eigenvalue weighted by atomic mass is 9.72. The Morgan fingerprint density at radius 2 is 2.20 bits per heavy atom. The Morgan fingerprint density at radius 1 is 1.53 bits per heavy atom. The molecule has 1 saturated heterocycles. The summed E-state index contributed by atoms with van der Waals surface area (Å²) in [4.78, 5) is 39.1. The molecule has 2 rings (SSSR count). The highest BCUT2D eigenvalue weighted by atomic mass is 16.6. The Bertz CT molecular complexity index is 816. The van der Waals surface area contributed by atoms with Gasteiger partial charge in [-0.15, -0.1) is 6.58 Å². The Morgan fingerprint density at radius 3 is 2.70 bits per heavy atom. The number of nitro groups is 1. The largest absolute Gasteiger partial charge is 0.469 e. The van der Waals surface area contributed by atoms with E-state index in [4.69, 9.17) is 13.9 Å². The zero-order valence-electron chi connectivity index (χ0n) is 18.2. The molecule has 0 spiro atoms. The van der Waals surface area contributed by atoms with E-state index in [9.17, 15) is 19.7 Å². The zero-order valence-corrected chi connectivity index (χ0v) is 18.2. The molecule has 2 heterocycles. The van der Waals surface area contributed by atoms with E-state index in [1.54, 1.807) is 32.9 Å². The second kappa shape index (κ2) is 8.99. The van der Waals surface area contributed by atoms with E-state index >= 15 is 0 Å². The van der Waals surface area contributed by atoms with Crippen molar-refractivity contribution in [2.75, 3.05) is 20.3 Å². The molecular formula is C21H30N2O7. The van der Waals surface area contributed by atoms with Crippen molar-refractivity contribution in [2.45, 2.75) is 58.2 Å². The molecule has 1 aliphatic heterocycles. The van der Waals surface area contributed by atoms with Gasteiger partial charge in [-0.25, -0.2) is 0 Å². The molecule has 1 amide bonds. The van der Waals surface area contributed by atoms with Crippen molar-refractivity contribution in [2.24, 2.45) is 5.41 Å². The minimum Gasteiger partial charge on any atom is -0.469 e. The molecule has 1 aliphatic rings.